The highest BCUT2D eigenvalue weighted by atomic mass is 15.1. The third-order valence-electron chi connectivity index (χ3n) is 37.0. The Balaban J connectivity index is -0.000000164. The van der Waals surface area contributed by atoms with Gasteiger partial charge in [-0.05, 0) is 296 Å². The lowest BCUT2D eigenvalue weighted by atomic mass is 9.56. The molecule has 0 amide bonds. The van der Waals surface area contributed by atoms with Crippen LogP contribution in [0.4, 0.5) is 0 Å². The molecule has 7 saturated carbocycles. The largest absolute Gasteiger partial charge is 0.316 e. The zero-order valence-corrected chi connectivity index (χ0v) is 112. The molecular weight excluding hydrogens is 1700 g/mol. The van der Waals surface area contributed by atoms with Crippen LogP contribution >= 0.6 is 0 Å². The molecule has 141 heavy (non-hydrogen) atoms. The van der Waals surface area contributed by atoms with Crippen LogP contribution < -0.4 is 16.0 Å². The monoisotopic (exact) mass is 2000 g/mol. The van der Waals surface area contributed by atoms with Crippen molar-refractivity contribution in [3.8, 4) is 0 Å². The van der Waals surface area contributed by atoms with E-state index in [-0.39, 0.29) is 0 Å². The molecule has 0 unspecified atom stereocenters. The molecule has 0 spiro atoms. The van der Waals surface area contributed by atoms with Crippen LogP contribution in [0.1, 0.15) is 699 Å². The Labute approximate surface area is 906 Å². The normalized spacial score (nSPS) is 19.7. The topological polar surface area (TPSA) is 36.1 Å². The Morgan fingerprint density at radius 3 is 0.411 bits per heavy atom. The number of nitrogens with one attached hydrogen (secondary N) is 3. The van der Waals surface area contributed by atoms with Crippen molar-refractivity contribution in [2.45, 2.75) is 710 Å². The van der Waals surface area contributed by atoms with Crippen LogP contribution in [0.3, 0.4) is 0 Å². The lowest BCUT2D eigenvalue weighted by Crippen LogP contribution is -2.63. The maximum atomic E-state index is 3.67. The predicted octanol–water partition coefficient (Wildman–Crippen LogP) is 48.7. The minimum absolute atomic E-state index is 0.444. The Hall–Kier alpha value is -0.120. The summed E-state index contributed by atoms with van der Waals surface area (Å²) in [6.45, 7) is 147. The second-order valence-corrected chi connectivity index (χ2v) is 55.2. The van der Waals surface area contributed by atoms with Gasteiger partial charge in [0, 0.05) is 17.6 Å². The minimum atomic E-state index is 0.444. The van der Waals surface area contributed by atoms with Gasteiger partial charge in [-0.1, -0.05) is 583 Å². The third-order valence-corrected chi connectivity index (χ3v) is 37.0. The van der Waals surface area contributed by atoms with Gasteiger partial charge in [0.1, 0.15) is 0 Å². The fraction of sp³-hybridized carbons (Fsp3) is 1.00. The van der Waals surface area contributed by atoms with E-state index in [0.717, 1.165) is 117 Å². The Morgan fingerprint density at radius 2 is 0.326 bits per heavy atom. The van der Waals surface area contributed by atoms with E-state index in [2.05, 4.69) is 445 Å². The lowest BCUT2D eigenvalue weighted by molar-refractivity contribution is 0.0133. The van der Waals surface area contributed by atoms with Crippen molar-refractivity contribution in [2.75, 3.05) is 26.2 Å². The number of hydrogen-bond donors (Lipinski definition) is 3. The molecule has 10 fully saturated rings. The highest BCUT2D eigenvalue weighted by molar-refractivity contribution is 5.05. The first kappa shape index (κ1) is 161. The van der Waals surface area contributed by atoms with E-state index in [1.54, 1.807) is 0 Å². The summed E-state index contributed by atoms with van der Waals surface area (Å²) in [5.74, 6) is 15.2. The summed E-state index contributed by atoms with van der Waals surface area (Å²) >= 11 is 0. The molecular formula is C138H299N3. The maximum Gasteiger partial charge on any atom is 0.0239 e. The summed E-state index contributed by atoms with van der Waals surface area (Å²) in [6, 6.07) is 0. The molecule has 10 aliphatic rings. The zero-order chi connectivity index (χ0) is 113. The van der Waals surface area contributed by atoms with Gasteiger partial charge in [-0.15, -0.1) is 0 Å². The van der Waals surface area contributed by atoms with Gasteiger partial charge in [-0.25, -0.2) is 0 Å². The first-order chi connectivity index (χ1) is 65.2. The molecule has 3 heteroatoms. The van der Waals surface area contributed by atoms with Crippen LogP contribution in [0.2, 0.25) is 0 Å². The van der Waals surface area contributed by atoms with Crippen LogP contribution in [0.5, 0.6) is 0 Å². The second kappa shape index (κ2) is 88.2. The average molecular weight is 2000 g/mol. The molecule has 0 atom stereocenters. The first-order valence-corrected chi connectivity index (χ1v) is 64.4. The van der Waals surface area contributed by atoms with E-state index in [9.17, 15) is 0 Å². The summed E-state index contributed by atoms with van der Waals surface area (Å²) in [5, 5.41) is 10.7. The molecule has 7 aliphatic carbocycles. The summed E-state index contributed by atoms with van der Waals surface area (Å²) in [4.78, 5) is 0. The van der Waals surface area contributed by atoms with Crippen molar-refractivity contribution < 1.29 is 0 Å². The van der Waals surface area contributed by atoms with Crippen molar-refractivity contribution in [3.05, 3.63) is 0 Å². The van der Waals surface area contributed by atoms with Crippen LogP contribution in [-0.2, 0) is 0 Å². The second-order valence-electron chi connectivity index (χ2n) is 55.2. The number of hydrogen-bond acceptors (Lipinski definition) is 3. The molecule has 3 nitrogen and oxygen atoms in total. The summed E-state index contributed by atoms with van der Waals surface area (Å²) in [7, 11) is 0. The smallest absolute Gasteiger partial charge is 0.0239 e. The lowest BCUT2D eigenvalue weighted by Gasteiger charge is -2.50. The molecule has 866 valence electrons. The van der Waals surface area contributed by atoms with E-state index in [1.807, 2.05) is 0 Å². The minimum Gasteiger partial charge on any atom is -0.316 e. The summed E-state index contributed by atoms with van der Waals surface area (Å²) in [5.41, 5.74) is 7.29. The highest BCUT2D eigenvalue weighted by Crippen LogP contribution is 2.63. The summed E-state index contributed by atoms with van der Waals surface area (Å²) < 4.78 is 0. The molecule has 0 radical (unpaired) electrons. The molecule has 0 aromatic heterocycles. The molecule has 0 bridgehead atoms. The van der Waals surface area contributed by atoms with Crippen molar-refractivity contribution in [1.29, 1.82) is 0 Å². The highest BCUT2D eigenvalue weighted by Gasteiger charge is 2.54. The average Bonchev–Trinajstić information content (AvgIpc) is 1.59. The van der Waals surface area contributed by atoms with Crippen molar-refractivity contribution >= 4 is 0 Å². The molecule has 0 aromatic carbocycles. The quantitative estimate of drug-likeness (QED) is 0.120. The van der Waals surface area contributed by atoms with Gasteiger partial charge >= 0.3 is 0 Å². The van der Waals surface area contributed by atoms with Gasteiger partial charge in [0.25, 0.3) is 0 Å². The van der Waals surface area contributed by atoms with Gasteiger partial charge < -0.3 is 16.0 Å². The van der Waals surface area contributed by atoms with Crippen LogP contribution in [0, 0.1) is 161 Å². The molecule has 10 rings (SSSR count). The zero-order valence-electron chi connectivity index (χ0n) is 112. The van der Waals surface area contributed by atoms with Gasteiger partial charge in [-0.3, -0.25) is 0 Å². The SMILES string of the molecule is CC(C)C1(C(C)(C)C)CC1.CC(C)C1(C(C)(C)C)CCCCCC1.CC(C)C1(C(C)C)CCC1.CC(C)C1(C(C)C)CCC1.CC(C)C1(C(C)C)CCCC1.CC(C)C1(C(C)C)CCCCC1.CC(C)C1(C(C)C)CCCCC1.CC(C)C1(C(C)C)CCCN1.CC(C)C1(C(C)C)CCN1.CC(C)C1(C(C)C)CCNC1.CCC.CCC.CCC.CCC.CCC.CCC.CCC.CCC.CCC.CCC. The van der Waals surface area contributed by atoms with Crippen LogP contribution in [0.25, 0.3) is 0 Å². The van der Waals surface area contributed by atoms with E-state index in [1.165, 1.54) is 296 Å². The fourth-order valence-corrected chi connectivity index (χ4v) is 26.5. The van der Waals surface area contributed by atoms with Gasteiger partial charge in [0.2, 0.25) is 0 Å². The Morgan fingerprint density at radius 1 is 0.156 bits per heavy atom. The molecule has 3 N–H and O–H groups in total. The molecule has 3 aliphatic heterocycles. The molecule has 3 saturated heterocycles. The van der Waals surface area contributed by atoms with Crippen molar-refractivity contribution in [1.82, 2.24) is 16.0 Å². The van der Waals surface area contributed by atoms with Gasteiger partial charge in [0.05, 0.1) is 0 Å². The van der Waals surface area contributed by atoms with Crippen molar-refractivity contribution in [2.24, 2.45) is 161 Å². The first-order valence-electron chi connectivity index (χ1n) is 64.4. The Bertz CT molecular complexity index is 2190. The van der Waals surface area contributed by atoms with Crippen LogP contribution in [0.15, 0.2) is 0 Å². The van der Waals surface area contributed by atoms with E-state index < -0.39 is 0 Å². The van der Waals surface area contributed by atoms with Gasteiger partial charge in [-0.2, -0.15) is 0 Å². The Kier molecular flexibility index (Phi) is 101. The maximum absolute atomic E-state index is 3.67. The fourth-order valence-electron chi connectivity index (χ4n) is 26.5. The summed E-state index contributed by atoms with van der Waals surface area (Å²) in [6.07, 6.45) is 59.0. The third kappa shape index (κ3) is 58.7. The van der Waals surface area contributed by atoms with Gasteiger partial charge in [0.15, 0.2) is 0 Å². The van der Waals surface area contributed by atoms with E-state index in [4.69, 9.17) is 0 Å². The predicted molar refractivity (Wildman–Crippen MR) is 667 cm³/mol. The standard InChI is InChI=1S/C14H28.2C12H24.C11H22.2C10H21N.3C10H20.C9H19N.10C3H8/c1-12(2)14(13(3,4)5)10-8-6-7-9-11-14;2*1-10(2)12(11(3)4)8-6-5-7-9-12;1-9(2)11(10(3)4)7-5-6-8-11;1-8(2)10(9(3)4)5-6-11-7-10;1-8(2)10(9(3)4)6-5-7-11-10;1-8(2)10(6-7-10)9(3,4)5;2*1-8(2)10(9(3)4)6-5-7-10;1-7(2)9(8(3)4)5-6-10-9;10*1-3-2/h12H,6-11H2,1-5H3;2*10-11H,5-9H2,1-4H3;9-10H,5-8H2,1-4H3;2*8-9,11H,5-7H2,1-4H3;8H,6-7H2,1-5H3;2*8-9H,5-7H2,1-4H3;7-8,10H,5-6H2,1-4H3;10*3H2,1-2H3. The van der Waals surface area contributed by atoms with E-state index in [0.29, 0.717) is 54.4 Å². The number of rotatable bonds is 18. The van der Waals surface area contributed by atoms with Crippen molar-refractivity contribution in [3.63, 3.8) is 0 Å². The van der Waals surface area contributed by atoms with E-state index >= 15 is 0 Å². The molecule has 3 heterocycles. The van der Waals surface area contributed by atoms with Crippen LogP contribution in [-0.4, -0.2) is 37.3 Å². The molecule has 0 aromatic rings.